The number of hydrogen-bond donors (Lipinski definition) is 0. The van der Waals surface area contributed by atoms with E-state index in [9.17, 15) is 4.79 Å². The van der Waals surface area contributed by atoms with Crippen LogP contribution < -0.4 is 0 Å². The summed E-state index contributed by atoms with van der Waals surface area (Å²) in [5, 5.41) is 0. The zero-order valence-electron chi connectivity index (χ0n) is 8.26. The van der Waals surface area contributed by atoms with Gasteiger partial charge in [-0.2, -0.15) is 0 Å². The topological polar surface area (TPSA) is 17.1 Å². The minimum absolute atomic E-state index is 0.235. The van der Waals surface area contributed by atoms with E-state index >= 15 is 0 Å². The Balaban J connectivity index is 2.78. The third-order valence-corrected chi connectivity index (χ3v) is 3.38. The molecule has 1 aliphatic rings. The van der Waals surface area contributed by atoms with Crippen LogP contribution >= 0.6 is 0 Å². The largest absolute Gasteiger partial charge is 0.303 e. The number of carbonyl (C=O) groups excluding carboxylic acids is 1. The molecule has 1 unspecified atom stereocenters. The van der Waals surface area contributed by atoms with Gasteiger partial charge in [0.05, 0.1) is 0 Å². The summed E-state index contributed by atoms with van der Waals surface area (Å²) in [4.78, 5) is 10.4. The third-order valence-electron chi connectivity index (χ3n) is 3.38. The van der Waals surface area contributed by atoms with Crippen molar-refractivity contribution in [3.8, 4) is 0 Å². The first-order valence-corrected chi connectivity index (χ1v) is 4.70. The number of rotatable bonds is 2. The summed E-state index contributed by atoms with van der Waals surface area (Å²) in [6.45, 7) is 6.66. The van der Waals surface area contributed by atoms with Crippen molar-refractivity contribution >= 4 is 6.29 Å². The Morgan fingerprint density at radius 3 is 2.92 bits per heavy atom. The second kappa shape index (κ2) is 3.42. The molecule has 0 spiro atoms. The molecule has 1 atom stereocenters. The van der Waals surface area contributed by atoms with Crippen molar-refractivity contribution in [3.63, 3.8) is 0 Å². The molecule has 0 saturated carbocycles. The standard InChI is InChI=1S/C11H18O/c1-9-5-4-6-10(7-8-12)11(9,2)3/h5,8,10H,4,6-7H2,1-3H3. The molecule has 0 heterocycles. The minimum atomic E-state index is 0.235. The van der Waals surface area contributed by atoms with Crippen molar-refractivity contribution < 1.29 is 4.79 Å². The molecule has 0 radical (unpaired) electrons. The van der Waals surface area contributed by atoms with Gasteiger partial charge in [0.25, 0.3) is 0 Å². The van der Waals surface area contributed by atoms with Crippen molar-refractivity contribution in [3.05, 3.63) is 11.6 Å². The Morgan fingerprint density at radius 2 is 2.33 bits per heavy atom. The SMILES string of the molecule is CC1=CCCC(CC=O)C1(C)C. The van der Waals surface area contributed by atoms with Crippen LogP contribution in [0.3, 0.4) is 0 Å². The predicted octanol–water partition coefficient (Wildman–Crippen LogP) is 2.96. The van der Waals surface area contributed by atoms with Crippen molar-refractivity contribution in [1.29, 1.82) is 0 Å². The van der Waals surface area contributed by atoms with Crippen LogP contribution in [0.1, 0.15) is 40.0 Å². The maximum atomic E-state index is 10.4. The summed E-state index contributed by atoms with van der Waals surface area (Å²) in [7, 11) is 0. The van der Waals surface area contributed by atoms with Gasteiger partial charge in [0.1, 0.15) is 6.29 Å². The molecule has 12 heavy (non-hydrogen) atoms. The average Bonchev–Trinajstić information content (AvgIpc) is 2.00. The van der Waals surface area contributed by atoms with Gasteiger partial charge < -0.3 is 4.79 Å². The molecule has 0 fully saturated rings. The predicted molar refractivity (Wildman–Crippen MR) is 50.9 cm³/mol. The number of carbonyl (C=O) groups is 1. The molecular weight excluding hydrogens is 148 g/mol. The van der Waals surface area contributed by atoms with E-state index in [2.05, 4.69) is 26.8 Å². The van der Waals surface area contributed by atoms with Gasteiger partial charge in [-0.25, -0.2) is 0 Å². The fraction of sp³-hybridized carbons (Fsp3) is 0.727. The Morgan fingerprint density at radius 1 is 1.67 bits per heavy atom. The quantitative estimate of drug-likeness (QED) is 0.455. The van der Waals surface area contributed by atoms with E-state index in [1.807, 2.05) is 0 Å². The van der Waals surface area contributed by atoms with Gasteiger partial charge in [0, 0.05) is 6.42 Å². The second-order valence-electron chi connectivity index (χ2n) is 4.29. The lowest BCUT2D eigenvalue weighted by Crippen LogP contribution is -2.28. The highest BCUT2D eigenvalue weighted by Gasteiger charge is 2.32. The van der Waals surface area contributed by atoms with E-state index in [4.69, 9.17) is 0 Å². The first-order chi connectivity index (χ1) is 5.59. The Hall–Kier alpha value is -0.590. The number of aldehydes is 1. The van der Waals surface area contributed by atoms with Crippen LogP contribution in [0.5, 0.6) is 0 Å². The van der Waals surface area contributed by atoms with Crippen LogP contribution in [0.15, 0.2) is 11.6 Å². The summed E-state index contributed by atoms with van der Waals surface area (Å²) in [5.41, 5.74) is 1.68. The van der Waals surface area contributed by atoms with Gasteiger partial charge in [0.15, 0.2) is 0 Å². The Bertz CT molecular complexity index is 201. The zero-order valence-corrected chi connectivity index (χ0v) is 8.26. The molecule has 0 bridgehead atoms. The fourth-order valence-corrected chi connectivity index (χ4v) is 1.98. The van der Waals surface area contributed by atoms with Crippen LogP contribution in [0.25, 0.3) is 0 Å². The molecule has 1 heteroatoms. The van der Waals surface area contributed by atoms with Crippen LogP contribution in [0.2, 0.25) is 0 Å². The molecular formula is C11H18O. The summed E-state index contributed by atoms with van der Waals surface area (Å²) in [6.07, 6.45) is 6.40. The van der Waals surface area contributed by atoms with Gasteiger partial charge in [-0.1, -0.05) is 25.5 Å². The zero-order chi connectivity index (χ0) is 9.19. The summed E-state index contributed by atoms with van der Waals surface area (Å²) >= 11 is 0. The normalized spacial score (nSPS) is 27.9. The maximum Gasteiger partial charge on any atom is 0.120 e. The van der Waals surface area contributed by atoms with Gasteiger partial charge in [-0.15, -0.1) is 0 Å². The Labute approximate surface area is 74.9 Å². The van der Waals surface area contributed by atoms with Crippen LogP contribution in [-0.2, 0) is 4.79 Å². The van der Waals surface area contributed by atoms with Crippen LogP contribution in [-0.4, -0.2) is 6.29 Å². The maximum absolute atomic E-state index is 10.4. The fourth-order valence-electron chi connectivity index (χ4n) is 1.98. The smallest absolute Gasteiger partial charge is 0.120 e. The number of allylic oxidation sites excluding steroid dienone is 2. The van der Waals surface area contributed by atoms with Crippen molar-refractivity contribution in [1.82, 2.24) is 0 Å². The van der Waals surface area contributed by atoms with E-state index in [-0.39, 0.29) is 5.41 Å². The lowest BCUT2D eigenvalue weighted by atomic mass is 9.67. The van der Waals surface area contributed by atoms with E-state index in [0.29, 0.717) is 5.92 Å². The third kappa shape index (κ3) is 1.60. The molecule has 1 aliphatic carbocycles. The summed E-state index contributed by atoms with van der Waals surface area (Å²) in [5.74, 6) is 0.556. The first-order valence-electron chi connectivity index (χ1n) is 4.70. The monoisotopic (exact) mass is 166 g/mol. The lowest BCUT2D eigenvalue weighted by Gasteiger charge is -2.37. The van der Waals surface area contributed by atoms with Crippen LogP contribution in [0.4, 0.5) is 0 Å². The molecule has 0 aromatic heterocycles. The van der Waals surface area contributed by atoms with Crippen LogP contribution in [0, 0.1) is 11.3 Å². The van der Waals surface area contributed by atoms with Gasteiger partial charge in [-0.05, 0) is 31.1 Å². The molecule has 0 aromatic carbocycles. The van der Waals surface area contributed by atoms with E-state index in [0.717, 1.165) is 19.1 Å². The highest BCUT2D eigenvalue weighted by atomic mass is 16.1. The first kappa shape index (κ1) is 9.50. The Kier molecular flexibility index (Phi) is 2.71. The lowest BCUT2D eigenvalue weighted by molar-refractivity contribution is -0.109. The average molecular weight is 166 g/mol. The second-order valence-corrected chi connectivity index (χ2v) is 4.29. The number of hydrogen-bond acceptors (Lipinski definition) is 1. The minimum Gasteiger partial charge on any atom is -0.303 e. The molecule has 0 saturated heterocycles. The molecule has 0 N–H and O–H groups in total. The molecule has 1 rings (SSSR count). The van der Waals surface area contributed by atoms with Crippen molar-refractivity contribution in [2.45, 2.75) is 40.0 Å². The summed E-state index contributed by atoms with van der Waals surface area (Å²) in [6, 6.07) is 0. The summed E-state index contributed by atoms with van der Waals surface area (Å²) < 4.78 is 0. The highest BCUT2D eigenvalue weighted by Crippen LogP contribution is 2.42. The molecule has 0 amide bonds. The van der Waals surface area contributed by atoms with Gasteiger partial charge in [-0.3, -0.25) is 0 Å². The molecule has 0 aromatic rings. The molecule has 68 valence electrons. The van der Waals surface area contributed by atoms with Crippen molar-refractivity contribution in [2.24, 2.45) is 11.3 Å². The molecule has 0 aliphatic heterocycles. The van der Waals surface area contributed by atoms with E-state index in [1.54, 1.807) is 0 Å². The van der Waals surface area contributed by atoms with E-state index in [1.165, 1.54) is 12.0 Å². The molecule has 1 nitrogen and oxygen atoms in total. The van der Waals surface area contributed by atoms with E-state index < -0.39 is 0 Å². The van der Waals surface area contributed by atoms with Crippen molar-refractivity contribution in [2.75, 3.05) is 0 Å². The van der Waals surface area contributed by atoms with Gasteiger partial charge in [0.2, 0.25) is 0 Å². The highest BCUT2D eigenvalue weighted by molar-refractivity contribution is 5.50. The van der Waals surface area contributed by atoms with Gasteiger partial charge >= 0.3 is 0 Å².